The Morgan fingerprint density at radius 2 is 1.80 bits per heavy atom. The number of benzene rings is 2. The summed E-state index contributed by atoms with van der Waals surface area (Å²) in [7, 11) is 1.34. The van der Waals surface area contributed by atoms with Crippen LogP contribution in [0, 0.1) is 13.8 Å². The van der Waals surface area contributed by atoms with E-state index in [9.17, 15) is 14.4 Å². The lowest BCUT2D eigenvalue weighted by atomic mass is 9.95. The predicted octanol–water partition coefficient (Wildman–Crippen LogP) is 4.46. The molecule has 3 heterocycles. The normalized spacial score (nSPS) is 15.0. The highest BCUT2D eigenvalue weighted by Crippen LogP contribution is 2.31. The summed E-state index contributed by atoms with van der Waals surface area (Å²) >= 11 is 1.23. The van der Waals surface area contributed by atoms with Crippen LogP contribution in [0.25, 0.3) is 17.4 Å². The molecule has 0 unspecified atom stereocenters. The van der Waals surface area contributed by atoms with Crippen molar-refractivity contribution in [2.45, 2.75) is 33.7 Å². The summed E-state index contributed by atoms with van der Waals surface area (Å²) in [6.45, 7) is 7.62. The van der Waals surface area contributed by atoms with Gasteiger partial charge in [-0.05, 0) is 63.1 Å². The Morgan fingerprint density at radius 3 is 2.50 bits per heavy atom. The number of furan rings is 1. The molecule has 204 valence electrons. The molecular formula is C31H28N2O6S. The molecule has 0 fully saturated rings. The van der Waals surface area contributed by atoms with Crippen molar-refractivity contribution < 1.29 is 23.5 Å². The first-order valence-electron chi connectivity index (χ1n) is 12.8. The van der Waals surface area contributed by atoms with Crippen molar-refractivity contribution in [3.05, 3.63) is 114 Å². The third-order valence-electron chi connectivity index (χ3n) is 6.73. The summed E-state index contributed by atoms with van der Waals surface area (Å²) in [6.07, 6.45) is 1.67. The van der Waals surface area contributed by atoms with Gasteiger partial charge in [0.15, 0.2) is 4.80 Å². The monoisotopic (exact) mass is 556 g/mol. The van der Waals surface area contributed by atoms with Gasteiger partial charge in [-0.2, -0.15) is 0 Å². The van der Waals surface area contributed by atoms with Gasteiger partial charge in [-0.15, -0.1) is 0 Å². The van der Waals surface area contributed by atoms with Crippen LogP contribution in [-0.4, -0.2) is 30.2 Å². The van der Waals surface area contributed by atoms with E-state index in [0.717, 1.165) is 22.3 Å². The number of allylic oxidation sites excluding steroid dienone is 1. The van der Waals surface area contributed by atoms with Crippen LogP contribution < -0.4 is 14.9 Å². The van der Waals surface area contributed by atoms with Gasteiger partial charge in [0.1, 0.15) is 11.5 Å². The van der Waals surface area contributed by atoms with E-state index in [0.29, 0.717) is 37.7 Å². The molecule has 2 aromatic carbocycles. The van der Waals surface area contributed by atoms with Gasteiger partial charge in [-0.1, -0.05) is 47.2 Å². The van der Waals surface area contributed by atoms with E-state index in [1.165, 1.54) is 18.4 Å². The summed E-state index contributed by atoms with van der Waals surface area (Å²) in [6, 6.07) is 15.9. The van der Waals surface area contributed by atoms with E-state index in [-0.39, 0.29) is 12.2 Å². The maximum atomic E-state index is 13.8. The number of hydrogen-bond acceptors (Lipinski definition) is 8. The van der Waals surface area contributed by atoms with Crippen molar-refractivity contribution in [3.8, 4) is 11.3 Å². The maximum Gasteiger partial charge on any atom is 0.338 e. The standard InChI is InChI=1S/C31H28N2O6S/c1-6-38-30(36)26-19(4)32-31-33(27(26)20-10-7-17(2)8-11-20)28(34)25(40-31)16-22-13-14-24(39-22)23-15-21(29(35)37-5)12-9-18(23)3/h7-16,27H,6H2,1-5H3/b25-16+/t27-/m0/s1. The quantitative estimate of drug-likeness (QED) is 0.325. The van der Waals surface area contributed by atoms with Crippen molar-refractivity contribution in [2.24, 2.45) is 4.99 Å². The number of methoxy groups -OCH3 is 1. The topological polar surface area (TPSA) is 100 Å². The Bertz CT molecular complexity index is 1840. The highest BCUT2D eigenvalue weighted by Gasteiger charge is 2.33. The van der Waals surface area contributed by atoms with Crippen LogP contribution in [0.2, 0.25) is 0 Å². The third kappa shape index (κ3) is 4.96. The molecule has 0 saturated heterocycles. The zero-order chi connectivity index (χ0) is 28.6. The van der Waals surface area contributed by atoms with E-state index in [4.69, 9.17) is 13.9 Å². The minimum atomic E-state index is -0.672. The highest BCUT2D eigenvalue weighted by molar-refractivity contribution is 7.07. The zero-order valence-electron chi connectivity index (χ0n) is 22.8. The Morgan fingerprint density at radius 1 is 1.05 bits per heavy atom. The molecule has 1 aliphatic rings. The number of fused-ring (bicyclic) bond motifs is 1. The minimum absolute atomic E-state index is 0.212. The molecule has 1 atom stereocenters. The molecule has 40 heavy (non-hydrogen) atoms. The molecule has 0 amide bonds. The first-order chi connectivity index (χ1) is 19.2. The molecule has 0 N–H and O–H groups in total. The van der Waals surface area contributed by atoms with E-state index in [2.05, 4.69) is 4.99 Å². The molecule has 0 saturated carbocycles. The number of hydrogen-bond donors (Lipinski definition) is 0. The Labute approximate surface area is 234 Å². The number of carbonyl (C=O) groups excluding carboxylic acids is 2. The number of aromatic nitrogens is 1. The third-order valence-corrected chi connectivity index (χ3v) is 7.72. The van der Waals surface area contributed by atoms with Gasteiger partial charge >= 0.3 is 11.9 Å². The Balaban J connectivity index is 1.61. The smallest absolute Gasteiger partial charge is 0.338 e. The van der Waals surface area contributed by atoms with Crippen LogP contribution in [-0.2, 0) is 14.3 Å². The lowest BCUT2D eigenvalue weighted by molar-refractivity contribution is -0.139. The summed E-state index contributed by atoms with van der Waals surface area (Å²) in [5, 5.41) is 0. The van der Waals surface area contributed by atoms with Gasteiger partial charge in [0.25, 0.3) is 5.56 Å². The second-order valence-corrected chi connectivity index (χ2v) is 10.4. The SMILES string of the molecule is CCOC(=O)C1=C(C)N=c2s/c(=C/c3ccc(-c4cc(C(=O)OC)ccc4C)o3)c(=O)n2[C@H]1c1ccc(C)cc1. The maximum absolute atomic E-state index is 13.8. The number of nitrogens with zero attached hydrogens (tertiary/aromatic N) is 2. The van der Waals surface area contributed by atoms with E-state index >= 15 is 0 Å². The van der Waals surface area contributed by atoms with Gasteiger partial charge in [-0.25, -0.2) is 14.6 Å². The molecule has 0 spiro atoms. The number of aryl methyl sites for hydroxylation is 2. The van der Waals surface area contributed by atoms with Crippen molar-refractivity contribution in [1.82, 2.24) is 4.57 Å². The largest absolute Gasteiger partial charge is 0.465 e. The summed E-state index contributed by atoms with van der Waals surface area (Å²) in [5.74, 6) is 0.0928. The van der Waals surface area contributed by atoms with Crippen LogP contribution in [0.15, 0.2) is 80.1 Å². The fourth-order valence-electron chi connectivity index (χ4n) is 4.69. The molecule has 5 rings (SSSR count). The number of esters is 2. The minimum Gasteiger partial charge on any atom is -0.465 e. The lowest BCUT2D eigenvalue weighted by Crippen LogP contribution is -2.39. The van der Waals surface area contributed by atoms with E-state index in [1.54, 1.807) is 48.8 Å². The number of rotatable bonds is 6. The second-order valence-electron chi connectivity index (χ2n) is 9.44. The van der Waals surface area contributed by atoms with Gasteiger partial charge in [-0.3, -0.25) is 9.36 Å². The average Bonchev–Trinajstić information content (AvgIpc) is 3.52. The molecule has 0 bridgehead atoms. The molecule has 0 aliphatic carbocycles. The number of ether oxygens (including phenoxy) is 2. The second kappa shape index (κ2) is 10.9. The number of thiazole rings is 1. The van der Waals surface area contributed by atoms with Crippen molar-refractivity contribution in [2.75, 3.05) is 13.7 Å². The average molecular weight is 557 g/mol. The van der Waals surface area contributed by atoms with Gasteiger partial charge < -0.3 is 13.9 Å². The van der Waals surface area contributed by atoms with Crippen molar-refractivity contribution >= 4 is 29.4 Å². The first kappa shape index (κ1) is 27.1. The number of carbonyl (C=O) groups is 2. The van der Waals surface area contributed by atoms with Crippen molar-refractivity contribution in [1.29, 1.82) is 0 Å². The molecule has 1 aliphatic heterocycles. The highest BCUT2D eigenvalue weighted by atomic mass is 32.1. The van der Waals surface area contributed by atoms with E-state index in [1.807, 2.05) is 44.2 Å². The van der Waals surface area contributed by atoms with Gasteiger partial charge in [0, 0.05) is 11.6 Å². The fraction of sp³-hybridized carbons (Fsp3) is 0.226. The lowest BCUT2D eigenvalue weighted by Gasteiger charge is -2.24. The molecule has 0 radical (unpaired) electrons. The zero-order valence-corrected chi connectivity index (χ0v) is 23.6. The van der Waals surface area contributed by atoms with Crippen LogP contribution >= 0.6 is 11.3 Å². The van der Waals surface area contributed by atoms with Gasteiger partial charge in [0.2, 0.25) is 0 Å². The summed E-state index contributed by atoms with van der Waals surface area (Å²) in [4.78, 5) is 43.9. The fourth-order valence-corrected chi connectivity index (χ4v) is 5.72. The summed E-state index contributed by atoms with van der Waals surface area (Å²) < 4.78 is 18.2. The Hall–Kier alpha value is -4.50. The van der Waals surface area contributed by atoms with Crippen LogP contribution in [0.1, 0.15) is 52.7 Å². The molecular weight excluding hydrogens is 528 g/mol. The first-order valence-corrected chi connectivity index (χ1v) is 13.6. The van der Waals surface area contributed by atoms with Crippen LogP contribution in [0.4, 0.5) is 0 Å². The molecule has 9 heteroatoms. The predicted molar refractivity (Wildman–Crippen MR) is 152 cm³/mol. The van der Waals surface area contributed by atoms with E-state index < -0.39 is 18.0 Å². The Kier molecular flexibility index (Phi) is 7.40. The van der Waals surface area contributed by atoms with Crippen LogP contribution in [0.5, 0.6) is 0 Å². The molecule has 2 aromatic heterocycles. The van der Waals surface area contributed by atoms with Crippen LogP contribution in [0.3, 0.4) is 0 Å². The van der Waals surface area contributed by atoms with Gasteiger partial charge in [0.05, 0.1) is 41.1 Å². The molecule has 8 nitrogen and oxygen atoms in total. The van der Waals surface area contributed by atoms with Crippen molar-refractivity contribution in [3.63, 3.8) is 0 Å². The summed E-state index contributed by atoms with van der Waals surface area (Å²) in [5.41, 5.74) is 4.51. The molecule has 4 aromatic rings.